The summed E-state index contributed by atoms with van der Waals surface area (Å²) in [6.45, 7) is 10.3. The molecule has 0 bridgehead atoms. The number of amides is 6. The second-order valence-corrected chi connectivity index (χ2v) is 24.8. The van der Waals surface area contributed by atoms with Crippen LogP contribution in [0.3, 0.4) is 0 Å². The molecule has 0 aromatic carbocycles. The van der Waals surface area contributed by atoms with E-state index in [1.54, 1.807) is 20.8 Å². The van der Waals surface area contributed by atoms with Crippen molar-refractivity contribution < 1.29 is 108 Å². The van der Waals surface area contributed by atoms with Gasteiger partial charge in [-0.3, -0.25) is 28.8 Å². The van der Waals surface area contributed by atoms with E-state index in [1.165, 1.54) is 0 Å². The molecular formula is C63H116N6O22. The first-order valence-electron chi connectivity index (χ1n) is 33.6. The van der Waals surface area contributed by atoms with Gasteiger partial charge in [-0.05, 0) is 110 Å². The van der Waals surface area contributed by atoms with Gasteiger partial charge in [0.05, 0.1) is 44.2 Å². The molecule has 28 heteroatoms. The van der Waals surface area contributed by atoms with Gasteiger partial charge in [-0.15, -0.1) is 0 Å². The Bertz CT molecular complexity index is 2010. The zero-order valence-electron chi connectivity index (χ0n) is 54.8. The Morgan fingerprint density at radius 2 is 0.703 bits per heavy atom. The number of ether oxygens (including phenoxy) is 7. The minimum Gasteiger partial charge on any atom is -0.394 e. The number of carbonyl (C=O) groups is 6. The van der Waals surface area contributed by atoms with Crippen LogP contribution >= 0.6 is 0 Å². The summed E-state index contributed by atoms with van der Waals surface area (Å²) < 4.78 is 39.8. The van der Waals surface area contributed by atoms with Crippen molar-refractivity contribution in [3.8, 4) is 0 Å². The molecule has 3 saturated heterocycles. The molecule has 0 spiro atoms. The standard InChI is InChI=1S/C63H116N6O22/c1-40(2)85-36-22-32-66-51(75)25-10-6-16-31-67-59(83)44(23-14-17-29-64-49(73)26-11-7-19-33-86-61-41(3)53(77)56(80)46(37-70)89-61)69-60(84)45(68-52(76)28-13-9-21-35-88-63-43(5)55(79)58(82)48(39-72)91-63)24-15-18-30-65-50(74)27-12-8-20-34-87-62-42(4)54(78)57(81)47(38-71)90-62/h40-48,53-58,61-63,70-72,77-82H,6-39H2,1-5H3,(H,64,73)(H,65,74)(H,66,75)(H,67,83)(H,68,76)(H,69,84)/t41?,42?,43?,44?,45?,46?,47?,48?,53-,54-,55-,56+,57+,58+,61-,62-,63-/m1/s1. The largest absolute Gasteiger partial charge is 0.394 e. The molecule has 3 heterocycles. The molecule has 530 valence electrons. The Kier molecular flexibility index (Phi) is 42.2. The molecular weight excluding hydrogens is 1190 g/mol. The van der Waals surface area contributed by atoms with Gasteiger partial charge in [0.25, 0.3) is 0 Å². The molecule has 6 amide bonds. The van der Waals surface area contributed by atoms with Gasteiger partial charge in [-0.2, -0.15) is 0 Å². The fourth-order valence-corrected chi connectivity index (χ4v) is 10.8. The fourth-order valence-electron chi connectivity index (χ4n) is 10.8. The van der Waals surface area contributed by atoms with Crippen LogP contribution in [0.25, 0.3) is 0 Å². The normalized spacial score (nSPS) is 27.4. The van der Waals surface area contributed by atoms with E-state index >= 15 is 0 Å². The van der Waals surface area contributed by atoms with Crippen LogP contribution in [-0.2, 0) is 61.9 Å². The molecule has 0 saturated carbocycles. The summed E-state index contributed by atoms with van der Waals surface area (Å²) in [5.41, 5.74) is 0. The van der Waals surface area contributed by atoms with Crippen molar-refractivity contribution in [2.75, 3.05) is 72.4 Å². The van der Waals surface area contributed by atoms with E-state index in [0.717, 1.165) is 0 Å². The highest BCUT2D eigenvalue weighted by Gasteiger charge is 2.45. The van der Waals surface area contributed by atoms with E-state index in [4.69, 9.17) is 33.2 Å². The molecule has 0 radical (unpaired) electrons. The van der Waals surface area contributed by atoms with E-state index in [0.29, 0.717) is 162 Å². The highest BCUT2D eigenvalue weighted by Crippen LogP contribution is 2.29. The SMILES string of the molecule is CC(C)OCCCNC(=O)CCCCCNC(=O)C(CCCCNC(=O)CCCCCO[C@@H]1OC(CO)[C@H](O)[C@H](O)C1C)NC(=O)C(CCCCNC(=O)CCCCCO[C@@H]1OC(CO)[C@H](O)[C@H](O)C1C)NC(=O)CCCCCO[C@@H]1OC(CO)[C@H](O)[C@H](O)C1C. The third-order valence-electron chi connectivity index (χ3n) is 16.8. The number of carbonyl (C=O) groups excluding carboxylic acids is 6. The summed E-state index contributed by atoms with van der Waals surface area (Å²) in [6, 6.07) is -2.03. The molecule has 0 aromatic rings. The average Bonchev–Trinajstić information content (AvgIpc) is 2.70. The summed E-state index contributed by atoms with van der Waals surface area (Å²) in [7, 11) is 0. The lowest BCUT2D eigenvalue weighted by molar-refractivity contribution is -0.282. The lowest BCUT2D eigenvalue weighted by atomic mass is 9.92. The van der Waals surface area contributed by atoms with Gasteiger partial charge in [0.15, 0.2) is 18.9 Å². The minimum atomic E-state index is -1.25. The van der Waals surface area contributed by atoms with Gasteiger partial charge < -0.3 is 111 Å². The van der Waals surface area contributed by atoms with Crippen LogP contribution in [0.5, 0.6) is 0 Å². The van der Waals surface area contributed by atoms with Crippen LogP contribution < -0.4 is 31.9 Å². The molecule has 0 aliphatic carbocycles. The molecule has 3 rings (SSSR count). The third-order valence-corrected chi connectivity index (χ3v) is 16.8. The molecule has 17 atom stereocenters. The number of aliphatic hydroxyl groups is 9. The molecule has 3 aliphatic rings. The van der Waals surface area contributed by atoms with Gasteiger partial charge in [-0.25, -0.2) is 0 Å². The first kappa shape index (κ1) is 81.4. The number of hydrogen-bond donors (Lipinski definition) is 15. The molecule has 91 heavy (non-hydrogen) atoms. The quantitative estimate of drug-likeness (QED) is 0.0359. The summed E-state index contributed by atoms with van der Waals surface area (Å²) in [5, 5.41) is 107. The molecule has 0 aromatic heterocycles. The number of rotatable bonds is 49. The second-order valence-electron chi connectivity index (χ2n) is 24.8. The van der Waals surface area contributed by atoms with E-state index in [2.05, 4.69) is 31.9 Å². The van der Waals surface area contributed by atoms with Crippen LogP contribution in [0.15, 0.2) is 0 Å². The van der Waals surface area contributed by atoms with Gasteiger partial charge in [0, 0.05) is 96.0 Å². The first-order chi connectivity index (χ1) is 43.6. The molecule has 28 nitrogen and oxygen atoms in total. The predicted octanol–water partition coefficient (Wildman–Crippen LogP) is 0.0932. The zero-order valence-corrected chi connectivity index (χ0v) is 54.8. The average molecular weight is 1310 g/mol. The van der Waals surface area contributed by atoms with E-state index in [1.807, 2.05) is 13.8 Å². The van der Waals surface area contributed by atoms with E-state index in [9.17, 15) is 74.7 Å². The van der Waals surface area contributed by atoms with Crippen LogP contribution in [0, 0.1) is 17.8 Å². The summed E-state index contributed by atoms with van der Waals surface area (Å²) in [6.07, 6.45) is -1.23. The van der Waals surface area contributed by atoms with Crippen molar-refractivity contribution in [1.82, 2.24) is 31.9 Å². The molecule has 8 unspecified atom stereocenters. The van der Waals surface area contributed by atoms with Gasteiger partial charge in [0.1, 0.15) is 48.7 Å². The van der Waals surface area contributed by atoms with Gasteiger partial charge >= 0.3 is 0 Å². The maximum Gasteiger partial charge on any atom is 0.243 e. The van der Waals surface area contributed by atoms with Gasteiger partial charge in [0.2, 0.25) is 35.4 Å². The van der Waals surface area contributed by atoms with Crippen molar-refractivity contribution in [3.63, 3.8) is 0 Å². The molecule has 3 fully saturated rings. The Morgan fingerprint density at radius 3 is 1.08 bits per heavy atom. The predicted molar refractivity (Wildman–Crippen MR) is 332 cm³/mol. The maximum absolute atomic E-state index is 14.3. The van der Waals surface area contributed by atoms with E-state index in [-0.39, 0.29) is 68.4 Å². The number of nitrogens with one attached hydrogen (secondary N) is 6. The monoisotopic (exact) mass is 1310 g/mol. The Morgan fingerprint density at radius 1 is 0.374 bits per heavy atom. The minimum absolute atomic E-state index is 0.0604. The number of aliphatic hydroxyl groups excluding tert-OH is 9. The van der Waals surface area contributed by atoms with Crippen LogP contribution in [0.2, 0.25) is 0 Å². The van der Waals surface area contributed by atoms with Crippen molar-refractivity contribution in [2.45, 2.75) is 274 Å². The Hall–Kier alpha value is -3.82. The number of hydrogen-bond acceptors (Lipinski definition) is 22. The Labute approximate surface area is 538 Å². The van der Waals surface area contributed by atoms with Crippen molar-refractivity contribution in [3.05, 3.63) is 0 Å². The maximum atomic E-state index is 14.3. The lowest BCUT2D eigenvalue weighted by Crippen LogP contribution is -2.55. The fraction of sp³-hybridized carbons (Fsp3) is 0.905. The molecule has 15 N–H and O–H groups in total. The summed E-state index contributed by atoms with van der Waals surface area (Å²) in [5.74, 6) is -3.32. The highest BCUT2D eigenvalue weighted by atomic mass is 16.7. The van der Waals surface area contributed by atoms with Crippen molar-refractivity contribution >= 4 is 35.4 Å². The van der Waals surface area contributed by atoms with Crippen molar-refractivity contribution in [2.24, 2.45) is 17.8 Å². The second kappa shape index (κ2) is 47.1. The lowest BCUT2D eigenvalue weighted by Gasteiger charge is -2.40. The topological polar surface area (TPSA) is 421 Å². The van der Waals surface area contributed by atoms with Gasteiger partial charge in [-0.1, -0.05) is 46.5 Å². The zero-order chi connectivity index (χ0) is 67.1. The summed E-state index contributed by atoms with van der Waals surface area (Å²) in [4.78, 5) is 79.6. The Balaban J connectivity index is 1.55. The number of unbranched alkanes of at least 4 members (excludes halogenated alkanes) is 10. The van der Waals surface area contributed by atoms with Crippen LogP contribution in [0.4, 0.5) is 0 Å². The molecule has 3 aliphatic heterocycles. The van der Waals surface area contributed by atoms with E-state index < -0.39 is 135 Å². The first-order valence-corrected chi connectivity index (χ1v) is 33.6. The highest BCUT2D eigenvalue weighted by molar-refractivity contribution is 5.92. The smallest absolute Gasteiger partial charge is 0.243 e. The summed E-state index contributed by atoms with van der Waals surface area (Å²) >= 11 is 0. The van der Waals surface area contributed by atoms with Crippen LogP contribution in [0.1, 0.15) is 182 Å². The van der Waals surface area contributed by atoms with Crippen molar-refractivity contribution in [1.29, 1.82) is 0 Å². The van der Waals surface area contributed by atoms with Crippen LogP contribution in [-0.4, -0.2) is 246 Å². The third kappa shape index (κ3) is 32.0.